The summed E-state index contributed by atoms with van der Waals surface area (Å²) >= 11 is 3.31. The van der Waals surface area contributed by atoms with Gasteiger partial charge >= 0.3 is 5.97 Å². The van der Waals surface area contributed by atoms with Crippen LogP contribution in [0.2, 0.25) is 0 Å². The largest absolute Gasteiger partial charge is 0.423 e. The molecule has 226 valence electrons. The predicted octanol–water partition coefficient (Wildman–Crippen LogP) is 4.87. The molecule has 5 aliphatic rings. The fraction of sp³-hybridized carbons (Fsp3) is 0.242. The molecule has 8 rings (SSSR count). The van der Waals surface area contributed by atoms with Crippen molar-refractivity contribution in [3.8, 4) is 5.75 Å². The van der Waals surface area contributed by atoms with Crippen LogP contribution in [-0.4, -0.2) is 51.0 Å². The summed E-state index contributed by atoms with van der Waals surface area (Å²) in [4.78, 5) is 78.1. The van der Waals surface area contributed by atoms with Gasteiger partial charge in [0.2, 0.25) is 0 Å². The maximum atomic E-state index is 13.9. The number of hydrazine groups is 1. The topological polar surface area (TPSA) is 144 Å². The van der Waals surface area contributed by atoms with E-state index in [0.717, 1.165) is 33.0 Å². The Bertz CT molecular complexity index is 1770. The molecule has 0 N–H and O–H groups in total. The highest BCUT2D eigenvalue weighted by Crippen LogP contribution is 2.65. The highest BCUT2D eigenvalue weighted by molar-refractivity contribution is 9.10. The van der Waals surface area contributed by atoms with E-state index < -0.39 is 52.8 Å². The number of hydrogen-bond acceptors (Lipinski definition) is 8. The number of ether oxygens (including phenoxy) is 1. The lowest BCUT2D eigenvalue weighted by Crippen LogP contribution is -2.52. The van der Waals surface area contributed by atoms with Gasteiger partial charge in [0.15, 0.2) is 5.78 Å². The molecule has 2 saturated carbocycles. The Morgan fingerprint density at radius 3 is 1.91 bits per heavy atom. The Morgan fingerprint density at radius 2 is 1.36 bits per heavy atom. The summed E-state index contributed by atoms with van der Waals surface area (Å²) in [6.07, 6.45) is 4.98. The smallest absolute Gasteiger partial charge is 0.343 e. The fourth-order valence-electron chi connectivity index (χ4n) is 6.98. The van der Waals surface area contributed by atoms with Gasteiger partial charge in [0.05, 0.1) is 22.3 Å². The van der Waals surface area contributed by atoms with Crippen LogP contribution in [0.5, 0.6) is 5.75 Å². The van der Waals surface area contributed by atoms with E-state index in [1.807, 2.05) is 12.2 Å². The standard InChI is InChI=1S/C33H24BrN3O8/c34-20-7-1-19(2-8-20)33(42)45-22-11-5-17(6-12-22)27(38)16-35(30(39)18-3-9-21(10-4-18)37(43)44)36-31(40)28-23-13-14-24(26-15-25(23)26)29(28)32(36)41/h1-14,23-26,28-29H,15-16H2/t23-,24-,25-,26+,28+,29+/m0/s1. The second-order valence-corrected chi connectivity index (χ2v) is 12.6. The number of imide groups is 1. The Morgan fingerprint density at radius 1 is 0.822 bits per heavy atom. The van der Waals surface area contributed by atoms with Gasteiger partial charge in [-0.15, -0.1) is 0 Å². The van der Waals surface area contributed by atoms with Crippen LogP contribution in [0.1, 0.15) is 37.5 Å². The maximum Gasteiger partial charge on any atom is 0.343 e. The van der Waals surface area contributed by atoms with Gasteiger partial charge in [-0.1, -0.05) is 28.1 Å². The molecule has 4 aliphatic carbocycles. The highest BCUT2D eigenvalue weighted by atomic mass is 79.9. The second-order valence-electron chi connectivity index (χ2n) is 11.7. The monoisotopic (exact) mass is 669 g/mol. The van der Waals surface area contributed by atoms with Crippen molar-refractivity contribution in [1.82, 2.24) is 10.0 Å². The van der Waals surface area contributed by atoms with Crippen LogP contribution in [0.3, 0.4) is 0 Å². The van der Waals surface area contributed by atoms with Crippen LogP contribution in [0, 0.1) is 45.6 Å². The normalized spacial score (nSPS) is 25.4. The van der Waals surface area contributed by atoms with E-state index in [1.54, 1.807) is 24.3 Å². The molecule has 1 saturated heterocycles. The maximum absolute atomic E-state index is 13.9. The summed E-state index contributed by atoms with van der Waals surface area (Å²) in [6.45, 7) is -0.639. The number of esters is 1. The van der Waals surface area contributed by atoms with E-state index in [0.29, 0.717) is 17.4 Å². The Hall–Kier alpha value is -4.97. The summed E-state index contributed by atoms with van der Waals surface area (Å²) in [6, 6.07) is 17.1. The van der Waals surface area contributed by atoms with E-state index >= 15 is 0 Å². The van der Waals surface area contributed by atoms with Gasteiger partial charge in [-0.05, 0) is 90.8 Å². The minimum atomic E-state index is -0.816. The first-order valence-corrected chi connectivity index (χ1v) is 15.1. The van der Waals surface area contributed by atoms with E-state index in [2.05, 4.69) is 15.9 Å². The lowest BCUT2D eigenvalue weighted by Gasteiger charge is -2.37. The van der Waals surface area contributed by atoms with Gasteiger partial charge in [0, 0.05) is 27.7 Å². The number of benzene rings is 3. The molecule has 3 fully saturated rings. The fourth-order valence-corrected chi connectivity index (χ4v) is 7.24. The number of halogens is 1. The summed E-state index contributed by atoms with van der Waals surface area (Å²) in [5.74, 6) is -3.53. The molecule has 12 heteroatoms. The summed E-state index contributed by atoms with van der Waals surface area (Å²) in [5.41, 5.74) is 0.221. The molecule has 1 aliphatic heterocycles. The van der Waals surface area contributed by atoms with E-state index in [9.17, 15) is 34.1 Å². The van der Waals surface area contributed by atoms with Crippen molar-refractivity contribution in [2.75, 3.05) is 6.54 Å². The molecule has 3 aromatic rings. The summed E-state index contributed by atoms with van der Waals surface area (Å²) in [5, 5.41) is 12.8. The Balaban J connectivity index is 1.14. The first-order valence-electron chi connectivity index (χ1n) is 14.4. The van der Waals surface area contributed by atoms with Crippen LogP contribution < -0.4 is 4.74 Å². The first kappa shape index (κ1) is 28.8. The van der Waals surface area contributed by atoms with Gasteiger partial charge in [-0.2, -0.15) is 5.01 Å². The van der Waals surface area contributed by atoms with E-state index in [1.165, 1.54) is 36.4 Å². The Labute approximate surface area is 264 Å². The number of nitro benzene ring substituents is 1. The molecular formula is C33H24BrN3O8. The van der Waals surface area contributed by atoms with Gasteiger partial charge < -0.3 is 4.74 Å². The molecule has 1 heterocycles. The zero-order valence-electron chi connectivity index (χ0n) is 23.4. The molecule has 0 spiro atoms. The van der Waals surface area contributed by atoms with Gasteiger partial charge in [-0.25, -0.2) is 9.80 Å². The molecule has 3 amide bonds. The van der Waals surface area contributed by atoms with Gasteiger partial charge in [-0.3, -0.25) is 29.3 Å². The lowest BCUT2D eigenvalue weighted by atomic mass is 9.63. The lowest BCUT2D eigenvalue weighted by molar-refractivity contribution is -0.384. The summed E-state index contributed by atoms with van der Waals surface area (Å²) in [7, 11) is 0. The average Bonchev–Trinajstić information content (AvgIpc) is 3.83. The van der Waals surface area contributed by atoms with E-state index in [4.69, 9.17) is 4.74 Å². The van der Waals surface area contributed by atoms with Crippen molar-refractivity contribution in [3.05, 3.63) is 116 Å². The zero-order chi connectivity index (χ0) is 31.6. The highest BCUT2D eigenvalue weighted by Gasteiger charge is 2.68. The van der Waals surface area contributed by atoms with Crippen LogP contribution in [-0.2, 0) is 9.59 Å². The zero-order valence-corrected chi connectivity index (χ0v) is 25.0. The third kappa shape index (κ3) is 4.95. The molecular weight excluding hydrogens is 646 g/mol. The van der Waals surface area contributed by atoms with Crippen molar-refractivity contribution in [3.63, 3.8) is 0 Å². The van der Waals surface area contributed by atoms with Crippen LogP contribution in [0.25, 0.3) is 0 Å². The predicted molar refractivity (Wildman–Crippen MR) is 161 cm³/mol. The first-order chi connectivity index (χ1) is 21.6. The molecule has 0 aromatic heterocycles. The van der Waals surface area contributed by atoms with Crippen LogP contribution in [0.4, 0.5) is 5.69 Å². The number of rotatable bonds is 8. The van der Waals surface area contributed by atoms with Crippen molar-refractivity contribution in [2.45, 2.75) is 6.42 Å². The number of nitrogens with zero attached hydrogens (tertiary/aromatic N) is 3. The quantitative estimate of drug-likeness (QED) is 0.0628. The number of hydrogen-bond donors (Lipinski definition) is 0. The number of allylic oxidation sites excluding steroid dienone is 2. The minimum Gasteiger partial charge on any atom is -0.423 e. The second kappa shape index (κ2) is 10.9. The molecule has 45 heavy (non-hydrogen) atoms. The SMILES string of the molecule is O=C(CN(C(=O)c1ccc([N+](=O)[O-])cc1)N1C(=O)[C@@H]2[C@H]3C=C[C@@H]([C@@H]4C[C@H]34)[C@H]2C1=O)c1ccc(OC(=O)c2ccc(Br)cc2)cc1. The number of carbonyl (C=O) groups excluding carboxylic acids is 5. The molecule has 0 unspecified atom stereocenters. The molecule has 6 atom stereocenters. The van der Waals surface area contributed by atoms with Crippen LogP contribution in [0.15, 0.2) is 89.4 Å². The van der Waals surface area contributed by atoms with Gasteiger partial charge in [0.1, 0.15) is 12.3 Å². The van der Waals surface area contributed by atoms with Crippen molar-refractivity contribution in [1.29, 1.82) is 0 Å². The number of amides is 3. The summed E-state index contributed by atoms with van der Waals surface area (Å²) < 4.78 is 6.20. The number of nitro groups is 1. The number of carbonyl (C=O) groups is 5. The molecule has 11 nitrogen and oxygen atoms in total. The third-order valence-corrected chi connectivity index (χ3v) is 9.73. The van der Waals surface area contributed by atoms with Crippen LogP contribution >= 0.6 is 15.9 Å². The number of non-ortho nitro benzene ring substituents is 1. The third-order valence-electron chi connectivity index (χ3n) is 9.20. The van der Waals surface area contributed by atoms with Crippen molar-refractivity contribution >= 4 is 51.1 Å². The molecule has 3 aromatic carbocycles. The van der Waals surface area contributed by atoms with Crippen molar-refractivity contribution < 1.29 is 33.6 Å². The molecule has 0 radical (unpaired) electrons. The number of Topliss-reactive ketones (excluding diaryl/α,β-unsaturated/α-hetero) is 1. The van der Waals surface area contributed by atoms with Crippen molar-refractivity contribution in [2.24, 2.45) is 35.5 Å². The number of ketones is 1. The van der Waals surface area contributed by atoms with Gasteiger partial charge in [0.25, 0.3) is 23.4 Å². The van der Waals surface area contributed by atoms with E-state index in [-0.39, 0.29) is 34.4 Å². The average molecular weight is 670 g/mol. The molecule has 2 bridgehead atoms. The minimum absolute atomic E-state index is 0.0250. The Kier molecular flexibility index (Phi) is 6.96.